The molecule has 0 atom stereocenters. The molecule has 0 aromatic heterocycles. The van der Waals surface area contributed by atoms with Gasteiger partial charge in [-0.1, -0.05) is 0 Å². The molecule has 1 aliphatic heterocycles. The number of carbonyl (C=O) groups excluding carboxylic acids is 1. The first-order valence-electron chi connectivity index (χ1n) is 6.99. The summed E-state index contributed by atoms with van der Waals surface area (Å²) in [6.07, 6.45) is 0. The molecule has 6 heteroatoms. The van der Waals surface area contributed by atoms with Gasteiger partial charge < -0.3 is 10.0 Å². The van der Waals surface area contributed by atoms with Gasteiger partial charge in [-0.2, -0.15) is 0 Å². The fourth-order valence-corrected chi connectivity index (χ4v) is 2.71. The molecule has 1 saturated heterocycles. The maximum absolute atomic E-state index is 13.7. The van der Waals surface area contributed by atoms with E-state index in [0.717, 1.165) is 0 Å². The topological polar surface area (TPSA) is 43.8 Å². The highest BCUT2D eigenvalue weighted by Gasteiger charge is 2.26. The summed E-state index contributed by atoms with van der Waals surface area (Å²) in [5, 5.41) is 9.81. The summed E-state index contributed by atoms with van der Waals surface area (Å²) >= 11 is 4.15. The molecule has 0 unspecified atom stereocenters. The molecular formula is C15H21FN2O2S. The van der Waals surface area contributed by atoms with Gasteiger partial charge in [0.15, 0.2) is 0 Å². The van der Waals surface area contributed by atoms with Crippen molar-refractivity contribution in [2.24, 2.45) is 0 Å². The molecule has 1 amide bonds. The first-order valence-corrected chi connectivity index (χ1v) is 7.43. The molecule has 1 N–H and O–H groups in total. The van der Waals surface area contributed by atoms with Gasteiger partial charge in [-0.3, -0.25) is 9.69 Å². The lowest BCUT2D eigenvalue weighted by molar-refractivity contribution is 0.0177. The van der Waals surface area contributed by atoms with E-state index in [4.69, 9.17) is 0 Å². The Balaban J connectivity index is 1.99. The summed E-state index contributed by atoms with van der Waals surface area (Å²) in [5.41, 5.74) is -0.683. The van der Waals surface area contributed by atoms with Crippen molar-refractivity contribution in [3.05, 3.63) is 29.6 Å². The van der Waals surface area contributed by atoms with Crippen LogP contribution in [-0.2, 0) is 0 Å². The second-order valence-electron chi connectivity index (χ2n) is 6.04. The van der Waals surface area contributed by atoms with Crippen molar-refractivity contribution < 1.29 is 14.3 Å². The normalized spacial score (nSPS) is 17.1. The number of amides is 1. The minimum Gasteiger partial charge on any atom is -0.389 e. The van der Waals surface area contributed by atoms with E-state index >= 15 is 0 Å². The molecule has 4 nitrogen and oxygen atoms in total. The zero-order valence-corrected chi connectivity index (χ0v) is 13.2. The van der Waals surface area contributed by atoms with E-state index in [1.165, 1.54) is 18.2 Å². The lowest BCUT2D eigenvalue weighted by Crippen LogP contribution is -2.52. The highest BCUT2D eigenvalue weighted by molar-refractivity contribution is 7.80. The first kappa shape index (κ1) is 16.3. The van der Waals surface area contributed by atoms with Gasteiger partial charge in [0.2, 0.25) is 0 Å². The van der Waals surface area contributed by atoms with E-state index in [0.29, 0.717) is 37.6 Å². The molecule has 0 bridgehead atoms. The van der Waals surface area contributed by atoms with Gasteiger partial charge in [0.05, 0.1) is 11.2 Å². The average molecular weight is 312 g/mol. The number of benzene rings is 1. The number of halogens is 1. The molecule has 1 aromatic carbocycles. The molecule has 116 valence electrons. The highest BCUT2D eigenvalue weighted by atomic mass is 32.1. The third-order valence-electron chi connectivity index (χ3n) is 3.45. The zero-order valence-electron chi connectivity index (χ0n) is 12.3. The first-order chi connectivity index (χ1) is 9.76. The second-order valence-corrected chi connectivity index (χ2v) is 6.56. The van der Waals surface area contributed by atoms with Crippen LogP contribution in [0.2, 0.25) is 0 Å². The number of aliphatic hydroxyl groups is 1. The SMILES string of the molecule is CC(C)(O)CN1CCN(C(=O)c2cc(S)ccc2F)CC1. The lowest BCUT2D eigenvalue weighted by Gasteiger charge is -2.37. The lowest BCUT2D eigenvalue weighted by atomic mass is 10.1. The number of piperazine rings is 1. The van der Waals surface area contributed by atoms with E-state index < -0.39 is 11.4 Å². The Morgan fingerprint density at radius 1 is 1.33 bits per heavy atom. The van der Waals surface area contributed by atoms with Gasteiger partial charge in [0, 0.05) is 37.6 Å². The molecular weight excluding hydrogens is 291 g/mol. The number of hydrogen-bond acceptors (Lipinski definition) is 4. The predicted molar refractivity (Wildman–Crippen MR) is 82.3 cm³/mol. The van der Waals surface area contributed by atoms with Crippen LogP contribution in [0.4, 0.5) is 4.39 Å². The number of thiol groups is 1. The van der Waals surface area contributed by atoms with Gasteiger partial charge in [0.1, 0.15) is 5.82 Å². The van der Waals surface area contributed by atoms with Crippen molar-refractivity contribution in [1.82, 2.24) is 9.80 Å². The number of carbonyl (C=O) groups is 1. The van der Waals surface area contributed by atoms with Crippen LogP contribution >= 0.6 is 12.6 Å². The van der Waals surface area contributed by atoms with Gasteiger partial charge >= 0.3 is 0 Å². The van der Waals surface area contributed by atoms with E-state index in [1.807, 2.05) is 0 Å². The summed E-state index contributed by atoms with van der Waals surface area (Å²) < 4.78 is 13.7. The summed E-state index contributed by atoms with van der Waals surface area (Å²) in [5.74, 6) is -0.817. The Bertz CT molecular complexity index is 523. The fourth-order valence-electron chi connectivity index (χ4n) is 2.50. The molecule has 2 rings (SSSR count). The second kappa shape index (κ2) is 6.34. The summed E-state index contributed by atoms with van der Waals surface area (Å²) in [7, 11) is 0. The number of rotatable bonds is 3. The van der Waals surface area contributed by atoms with Crippen molar-refractivity contribution in [3.8, 4) is 0 Å². The monoisotopic (exact) mass is 312 g/mol. The van der Waals surface area contributed by atoms with Gasteiger partial charge in [-0.25, -0.2) is 4.39 Å². The van der Waals surface area contributed by atoms with Crippen molar-refractivity contribution in [2.75, 3.05) is 32.7 Å². The molecule has 0 saturated carbocycles. The Labute approximate surface area is 130 Å². The van der Waals surface area contributed by atoms with Gasteiger partial charge in [-0.05, 0) is 32.0 Å². The molecule has 21 heavy (non-hydrogen) atoms. The zero-order chi connectivity index (χ0) is 15.6. The number of nitrogens with zero attached hydrogens (tertiary/aromatic N) is 2. The smallest absolute Gasteiger partial charge is 0.256 e. The summed E-state index contributed by atoms with van der Waals surface area (Å²) in [6.45, 7) is 6.51. The minimum atomic E-state index is -0.751. The molecule has 0 spiro atoms. The van der Waals surface area contributed by atoms with Crippen LogP contribution in [0.3, 0.4) is 0 Å². The quantitative estimate of drug-likeness (QED) is 0.834. The summed E-state index contributed by atoms with van der Waals surface area (Å²) in [4.78, 5) is 16.7. The van der Waals surface area contributed by atoms with E-state index in [9.17, 15) is 14.3 Å². The average Bonchev–Trinajstić information content (AvgIpc) is 2.40. The number of β-amino-alcohol motifs (C(OH)–C–C–N with tert-alkyl or cyclic N) is 1. The third-order valence-corrected chi connectivity index (χ3v) is 3.73. The van der Waals surface area contributed by atoms with E-state index in [1.54, 1.807) is 18.7 Å². The van der Waals surface area contributed by atoms with Crippen LogP contribution in [0.25, 0.3) is 0 Å². The van der Waals surface area contributed by atoms with Crippen LogP contribution < -0.4 is 0 Å². The molecule has 0 aliphatic carbocycles. The molecule has 1 heterocycles. The molecule has 1 fully saturated rings. The maximum atomic E-state index is 13.7. The van der Waals surface area contributed by atoms with E-state index in [-0.39, 0.29) is 11.5 Å². The van der Waals surface area contributed by atoms with Crippen molar-refractivity contribution in [3.63, 3.8) is 0 Å². The molecule has 1 aromatic rings. The Morgan fingerprint density at radius 2 is 1.95 bits per heavy atom. The Kier molecular flexibility index (Phi) is 4.91. The van der Waals surface area contributed by atoms with Crippen LogP contribution in [0.1, 0.15) is 24.2 Å². The number of hydrogen-bond donors (Lipinski definition) is 2. The van der Waals surface area contributed by atoms with Crippen molar-refractivity contribution >= 4 is 18.5 Å². The van der Waals surface area contributed by atoms with Crippen molar-refractivity contribution in [2.45, 2.75) is 24.3 Å². The maximum Gasteiger partial charge on any atom is 0.256 e. The van der Waals surface area contributed by atoms with Gasteiger partial charge in [0.25, 0.3) is 5.91 Å². The van der Waals surface area contributed by atoms with Crippen LogP contribution in [-0.4, -0.2) is 59.1 Å². The third kappa shape index (κ3) is 4.43. The standard InChI is InChI=1S/C15H21FN2O2S/c1-15(2,20)10-17-5-7-18(8-6-17)14(19)12-9-11(21)3-4-13(12)16/h3-4,9,20-21H,5-8,10H2,1-2H3. The van der Waals surface area contributed by atoms with E-state index in [2.05, 4.69) is 17.5 Å². The molecule has 0 radical (unpaired) electrons. The van der Waals surface area contributed by atoms with Crippen molar-refractivity contribution in [1.29, 1.82) is 0 Å². The minimum absolute atomic E-state index is 0.0680. The fraction of sp³-hybridized carbons (Fsp3) is 0.533. The Hall–Kier alpha value is -1.11. The predicted octanol–water partition coefficient (Wildman–Crippen LogP) is 1.64. The van der Waals surface area contributed by atoms with Crippen LogP contribution in [0.15, 0.2) is 23.1 Å². The Morgan fingerprint density at radius 3 is 2.52 bits per heavy atom. The summed E-state index contributed by atoms with van der Waals surface area (Å²) in [6, 6.07) is 4.25. The van der Waals surface area contributed by atoms with Crippen LogP contribution in [0, 0.1) is 5.82 Å². The highest BCUT2D eigenvalue weighted by Crippen LogP contribution is 2.17. The van der Waals surface area contributed by atoms with Gasteiger partial charge in [-0.15, -0.1) is 12.6 Å². The van der Waals surface area contributed by atoms with Crippen LogP contribution in [0.5, 0.6) is 0 Å². The molecule has 1 aliphatic rings. The largest absolute Gasteiger partial charge is 0.389 e.